The fourth-order valence-electron chi connectivity index (χ4n) is 3.53. The molecule has 0 fully saturated rings. The Labute approximate surface area is 205 Å². The Balaban J connectivity index is 1.75. The molecule has 8 heteroatoms. The summed E-state index contributed by atoms with van der Waals surface area (Å²) in [7, 11) is 0. The third-order valence-electron chi connectivity index (χ3n) is 5.24. The van der Waals surface area contributed by atoms with E-state index in [-0.39, 0.29) is 24.8 Å². The van der Waals surface area contributed by atoms with Crippen molar-refractivity contribution < 1.29 is 19.1 Å². The number of benzene rings is 2. The van der Waals surface area contributed by atoms with Crippen LogP contribution in [0.2, 0.25) is 10.0 Å². The molecule has 0 radical (unpaired) electrons. The maximum atomic E-state index is 13.3. The highest BCUT2D eigenvalue weighted by Gasteiger charge is 2.28. The summed E-state index contributed by atoms with van der Waals surface area (Å²) in [6.45, 7) is 8.74. The summed E-state index contributed by atoms with van der Waals surface area (Å²) in [5.41, 5.74) is 1.36. The molecule has 1 heterocycles. The van der Waals surface area contributed by atoms with Gasteiger partial charge in [0, 0.05) is 18.5 Å². The first kappa shape index (κ1) is 25.2. The average molecular weight is 493 g/mol. The van der Waals surface area contributed by atoms with Gasteiger partial charge in [0.25, 0.3) is 0 Å². The third-order valence-corrected chi connectivity index (χ3v) is 5.98. The number of carbonyl (C=O) groups excluding carboxylic acids is 2. The number of halogens is 2. The van der Waals surface area contributed by atoms with Crippen molar-refractivity contribution in [3.8, 4) is 11.5 Å². The highest BCUT2D eigenvalue weighted by molar-refractivity contribution is 6.42. The quantitative estimate of drug-likeness (QED) is 0.588. The van der Waals surface area contributed by atoms with E-state index < -0.39 is 11.6 Å². The van der Waals surface area contributed by atoms with Crippen LogP contribution >= 0.6 is 23.2 Å². The van der Waals surface area contributed by atoms with Crippen molar-refractivity contribution in [2.45, 2.75) is 58.7 Å². The molecule has 0 aliphatic carbocycles. The van der Waals surface area contributed by atoms with Gasteiger partial charge in [-0.15, -0.1) is 0 Å². The van der Waals surface area contributed by atoms with Gasteiger partial charge < -0.3 is 19.7 Å². The lowest BCUT2D eigenvalue weighted by molar-refractivity contribution is -0.141. The maximum absolute atomic E-state index is 13.3. The minimum absolute atomic E-state index is 0.132. The Bertz CT molecular complexity index is 1020. The number of hydrogen-bond donors (Lipinski definition) is 1. The van der Waals surface area contributed by atoms with Crippen molar-refractivity contribution >= 4 is 35.0 Å². The molecule has 33 heavy (non-hydrogen) atoms. The minimum Gasteiger partial charge on any atom is -0.486 e. The van der Waals surface area contributed by atoms with Crippen molar-refractivity contribution in [3.05, 3.63) is 57.6 Å². The molecular formula is C25H30Cl2N2O4. The molecule has 6 nitrogen and oxygen atoms in total. The topological polar surface area (TPSA) is 67.9 Å². The first-order valence-corrected chi connectivity index (χ1v) is 11.7. The SMILES string of the molecule is CC(C(=O)NC(C)(C)C)N(Cc1ccc(Cl)c(Cl)c1)C(=O)CCc1ccc2c(c1)OCCO2. The summed E-state index contributed by atoms with van der Waals surface area (Å²) in [6.07, 6.45) is 0.759. The number of fused-ring (bicyclic) bond motifs is 1. The summed E-state index contributed by atoms with van der Waals surface area (Å²) in [4.78, 5) is 27.8. The zero-order valence-electron chi connectivity index (χ0n) is 19.4. The zero-order valence-corrected chi connectivity index (χ0v) is 20.9. The number of aryl methyl sites for hydroxylation is 1. The number of rotatable bonds is 7. The van der Waals surface area contributed by atoms with E-state index in [0.717, 1.165) is 11.1 Å². The molecule has 1 aliphatic heterocycles. The average Bonchev–Trinajstić information content (AvgIpc) is 2.76. The molecule has 0 bridgehead atoms. The summed E-state index contributed by atoms with van der Waals surface area (Å²) in [5.74, 6) is 1.06. The second-order valence-corrected chi connectivity index (χ2v) is 9.98. The first-order chi connectivity index (χ1) is 15.5. The summed E-state index contributed by atoms with van der Waals surface area (Å²) in [5, 5.41) is 3.81. The molecule has 0 spiro atoms. The van der Waals surface area contributed by atoms with Gasteiger partial charge in [0.15, 0.2) is 11.5 Å². The van der Waals surface area contributed by atoms with E-state index in [0.29, 0.717) is 41.2 Å². The van der Waals surface area contributed by atoms with Gasteiger partial charge in [-0.2, -0.15) is 0 Å². The molecule has 178 valence electrons. The fourth-order valence-corrected chi connectivity index (χ4v) is 3.85. The first-order valence-electron chi connectivity index (χ1n) is 11.0. The van der Waals surface area contributed by atoms with Crippen molar-refractivity contribution in [1.29, 1.82) is 0 Å². The second kappa shape index (κ2) is 10.7. The number of amides is 2. The fraction of sp³-hybridized carbons (Fsp3) is 0.440. The van der Waals surface area contributed by atoms with Crippen LogP contribution in [-0.2, 0) is 22.6 Å². The molecule has 1 atom stereocenters. The van der Waals surface area contributed by atoms with E-state index in [2.05, 4.69) is 5.32 Å². The Hall–Kier alpha value is -2.44. The molecule has 3 rings (SSSR count). The number of nitrogens with zero attached hydrogens (tertiary/aromatic N) is 1. The predicted molar refractivity (Wildman–Crippen MR) is 130 cm³/mol. The van der Waals surface area contributed by atoms with E-state index in [1.807, 2.05) is 45.0 Å². The highest BCUT2D eigenvalue weighted by Crippen LogP contribution is 2.31. The minimum atomic E-state index is -0.661. The van der Waals surface area contributed by atoms with Crippen LogP contribution in [-0.4, -0.2) is 41.5 Å². The van der Waals surface area contributed by atoms with Crippen LogP contribution < -0.4 is 14.8 Å². The van der Waals surface area contributed by atoms with Gasteiger partial charge in [0.05, 0.1) is 10.0 Å². The van der Waals surface area contributed by atoms with Crippen LogP contribution in [0.1, 0.15) is 45.2 Å². The lowest BCUT2D eigenvalue weighted by Crippen LogP contribution is -2.52. The number of carbonyl (C=O) groups is 2. The summed E-state index contributed by atoms with van der Waals surface area (Å²) in [6, 6.07) is 10.3. The van der Waals surface area contributed by atoms with Gasteiger partial charge in [0.2, 0.25) is 11.8 Å². The van der Waals surface area contributed by atoms with E-state index in [1.54, 1.807) is 24.0 Å². The van der Waals surface area contributed by atoms with Gasteiger partial charge in [-0.25, -0.2) is 0 Å². The number of hydrogen-bond acceptors (Lipinski definition) is 4. The molecule has 2 aromatic carbocycles. The Morgan fingerprint density at radius 2 is 1.67 bits per heavy atom. The van der Waals surface area contributed by atoms with Crippen LogP contribution in [0.5, 0.6) is 11.5 Å². The van der Waals surface area contributed by atoms with Crippen molar-refractivity contribution in [3.63, 3.8) is 0 Å². The largest absolute Gasteiger partial charge is 0.486 e. The summed E-state index contributed by atoms with van der Waals surface area (Å²) >= 11 is 12.2. The Morgan fingerprint density at radius 1 is 1.00 bits per heavy atom. The molecule has 0 aromatic heterocycles. The smallest absolute Gasteiger partial charge is 0.242 e. The molecular weight excluding hydrogens is 463 g/mol. The molecule has 0 saturated heterocycles. The monoisotopic (exact) mass is 492 g/mol. The molecule has 2 amide bonds. The number of nitrogens with one attached hydrogen (secondary N) is 1. The van der Waals surface area contributed by atoms with E-state index in [9.17, 15) is 9.59 Å². The molecule has 0 saturated carbocycles. The van der Waals surface area contributed by atoms with Gasteiger partial charge in [-0.3, -0.25) is 9.59 Å². The summed E-state index contributed by atoms with van der Waals surface area (Å²) < 4.78 is 11.2. The van der Waals surface area contributed by atoms with Crippen LogP contribution in [0.25, 0.3) is 0 Å². The third kappa shape index (κ3) is 7.02. The van der Waals surface area contributed by atoms with Gasteiger partial charge in [-0.1, -0.05) is 35.3 Å². The Kier molecular flexibility index (Phi) is 8.14. The zero-order chi connectivity index (χ0) is 24.2. The van der Waals surface area contributed by atoms with Crippen LogP contribution in [0.3, 0.4) is 0 Å². The second-order valence-electron chi connectivity index (χ2n) is 9.16. The molecule has 1 aliphatic rings. The molecule has 1 unspecified atom stereocenters. The Morgan fingerprint density at radius 3 is 2.33 bits per heavy atom. The van der Waals surface area contributed by atoms with E-state index >= 15 is 0 Å². The van der Waals surface area contributed by atoms with Gasteiger partial charge >= 0.3 is 0 Å². The standard InChI is InChI=1S/C25H30Cl2N2O4/c1-16(24(31)28-25(2,3)4)29(15-18-5-8-19(26)20(27)13-18)23(30)10-7-17-6-9-21-22(14-17)33-12-11-32-21/h5-6,8-9,13-14,16H,7,10-12,15H2,1-4H3,(H,28,31). The lowest BCUT2D eigenvalue weighted by Gasteiger charge is -2.31. The van der Waals surface area contributed by atoms with Gasteiger partial charge in [-0.05, 0) is 69.5 Å². The van der Waals surface area contributed by atoms with Gasteiger partial charge in [0.1, 0.15) is 19.3 Å². The lowest BCUT2D eigenvalue weighted by atomic mass is 10.1. The predicted octanol–water partition coefficient (Wildman–Crippen LogP) is 5.03. The van der Waals surface area contributed by atoms with Crippen LogP contribution in [0, 0.1) is 0 Å². The van der Waals surface area contributed by atoms with Crippen molar-refractivity contribution in [2.75, 3.05) is 13.2 Å². The van der Waals surface area contributed by atoms with Crippen molar-refractivity contribution in [2.24, 2.45) is 0 Å². The van der Waals surface area contributed by atoms with E-state index in [1.165, 1.54) is 0 Å². The van der Waals surface area contributed by atoms with Crippen LogP contribution in [0.4, 0.5) is 0 Å². The highest BCUT2D eigenvalue weighted by atomic mass is 35.5. The number of ether oxygens (including phenoxy) is 2. The maximum Gasteiger partial charge on any atom is 0.242 e. The van der Waals surface area contributed by atoms with Crippen molar-refractivity contribution in [1.82, 2.24) is 10.2 Å². The van der Waals surface area contributed by atoms with E-state index in [4.69, 9.17) is 32.7 Å². The molecule has 2 aromatic rings. The molecule has 1 N–H and O–H groups in total. The normalized spacial score (nSPS) is 13.9. The van der Waals surface area contributed by atoms with Crippen LogP contribution in [0.15, 0.2) is 36.4 Å².